The molecule has 0 saturated heterocycles. The van der Waals surface area contributed by atoms with Gasteiger partial charge in [-0.3, -0.25) is 14.5 Å². The van der Waals surface area contributed by atoms with Crippen LogP contribution in [-0.4, -0.2) is 56.9 Å². The maximum atomic E-state index is 12.3. The van der Waals surface area contributed by atoms with E-state index in [4.69, 9.17) is 18.9 Å². The lowest BCUT2D eigenvalue weighted by molar-refractivity contribution is -0.149. The molecule has 2 rings (SSSR count). The predicted molar refractivity (Wildman–Crippen MR) is 86.0 cm³/mol. The number of hydrogen-bond acceptors (Lipinski definition) is 7. The maximum Gasteiger partial charge on any atom is 0.338 e. The topological polar surface area (TPSA) is 91.4 Å². The number of nitrogens with zero attached hydrogens (tertiary/aromatic N) is 1. The highest BCUT2D eigenvalue weighted by Crippen LogP contribution is 2.36. The molecule has 0 spiro atoms. The van der Waals surface area contributed by atoms with Gasteiger partial charge in [0.2, 0.25) is 5.76 Å². The molecule has 1 amide bonds. The Morgan fingerprint density at radius 3 is 2.52 bits per heavy atom. The molecule has 8 heteroatoms. The van der Waals surface area contributed by atoms with Crippen LogP contribution in [0.3, 0.4) is 0 Å². The summed E-state index contributed by atoms with van der Waals surface area (Å²) in [5.41, 5.74) is 0.986. The van der Waals surface area contributed by atoms with Gasteiger partial charge in [0.1, 0.15) is 12.2 Å². The van der Waals surface area contributed by atoms with Crippen molar-refractivity contribution in [3.05, 3.63) is 41.2 Å². The second kappa shape index (κ2) is 8.29. The Hall–Kier alpha value is -2.87. The molecule has 1 heterocycles. The number of amides is 1. The highest BCUT2D eigenvalue weighted by atomic mass is 16.7. The van der Waals surface area contributed by atoms with Crippen molar-refractivity contribution >= 4 is 23.5 Å². The smallest absolute Gasteiger partial charge is 0.338 e. The zero-order valence-electron chi connectivity index (χ0n) is 14.2. The molecule has 0 atom stereocenters. The van der Waals surface area contributed by atoms with E-state index in [1.54, 1.807) is 31.2 Å². The Kier molecular flexibility index (Phi) is 6.13. The minimum Gasteiger partial charge on any atom is -0.465 e. The highest BCUT2D eigenvalue weighted by molar-refractivity contribution is 6.15. The van der Waals surface area contributed by atoms with E-state index in [-0.39, 0.29) is 31.3 Å². The molecule has 1 aromatic rings. The lowest BCUT2D eigenvalue weighted by Crippen LogP contribution is -2.45. The van der Waals surface area contributed by atoms with E-state index in [0.717, 1.165) is 0 Å². The van der Waals surface area contributed by atoms with Gasteiger partial charge in [-0.05, 0) is 13.0 Å². The van der Waals surface area contributed by atoms with Gasteiger partial charge in [-0.1, -0.05) is 18.2 Å². The van der Waals surface area contributed by atoms with Crippen molar-refractivity contribution in [1.82, 2.24) is 4.90 Å². The van der Waals surface area contributed by atoms with Crippen LogP contribution in [-0.2, 0) is 28.5 Å². The minimum absolute atomic E-state index is 0.0162. The summed E-state index contributed by atoms with van der Waals surface area (Å²) in [6, 6.07) is 6.58. The normalized spacial score (nSPS) is 13.4. The fraction of sp³-hybridized carbons (Fsp3) is 0.353. The first kappa shape index (κ1) is 18.5. The van der Waals surface area contributed by atoms with E-state index in [2.05, 4.69) is 0 Å². The third-order valence-electron chi connectivity index (χ3n) is 3.43. The average Bonchev–Trinajstić information content (AvgIpc) is 2.63. The molecule has 1 aliphatic rings. The number of methoxy groups -OCH3 is 2. The largest absolute Gasteiger partial charge is 0.465 e. The van der Waals surface area contributed by atoms with Gasteiger partial charge < -0.3 is 18.9 Å². The summed E-state index contributed by atoms with van der Waals surface area (Å²) < 4.78 is 19.8. The molecule has 0 aliphatic carbocycles. The quantitative estimate of drug-likeness (QED) is 0.514. The van der Waals surface area contributed by atoms with Gasteiger partial charge in [0.15, 0.2) is 6.79 Å². The number of hydrogen-bond donors (Lipinski definition) is 0. The average molecular weight is 349 g/mol. The molecule has 1 aromatic carbocycles. The first-order chi connectivity index (χ1) is 12.0. The molecule has 0 N–H and O–H groups in total. The van der Waals surface area contributed by atoms with E-state index >= 15 is 0 Å². The molecule has 134 valence electrons. The number of benzene rings is 1. The molecule has 0 radical (unpaired) electrons. The van der Waals surface area contributed by atoms with Crippen molar-refractivity contribution in [2.24, 2.45) is 0 Å². The summed E-state index contributed by atoms with van der Waals surface area (Å²) in [6.45, 7) is 1.45. The monoisotopic (exact) mass is 349 g/mol. The van der Waals surface area contributed by atoms with Gasteiger partial charge in [0.25, 0.3) is 5.91 Å². The van der Waals surface area contributed by atoms with Crippen LogP contribution in [0.4, 0.5) is 0 Å². The number of carbonyl (C=O) groups excluding carboxylic acids is 3. The molecule has 25 heavy (non-hydrogen) atoms. The van der Waals surface area contributed by atoms with Crippen molar-refractivity contribution in [2.75, 3.05) is 34.2 Å². The summed E-state index contributed by atoms with van der Waals surface area (Å²) in [4.78, 5) is 37.3. The number of rotatable bonds is 8. The maximum absolute atomic E-state index is 12.3. The van der Waals surface area contributed by atoms with Gasteiger partial charge in [-0.25, -0.2) is 4.79 Å². The van der Waals surface area contributed by atoms with Crippen LogP contribution in [0.15, 0.2) is 30.0 Å². The van der Waals surface area contributed by atoms with E-state index in [1.165, 1.54) is 19.1 Å². The summed E-state index contributed by atoms with van der Waals surface area (Å²) in [5.74, 6) is -1.60. The van der Waals surface area contributed by atoms with Crippen LogP contribution in [0.1, 0.15) is 22.8 Å². The standard InChI is InChI=1S/C17H19NO7/c1-4-24-13(19)9-18-14(15(16(18)20)25-10-22-2)11-7-5-6-8-12(11)17(21)23-3/h5-8H,4,9-10H2,1-3H3. The fourth-order valence-corrected chi connectivity index (χ4v) is 2.37. The van der Waals surface area contributed by atoms with Gasteiger partial charge in [0, 0.05) is 12.7 Å². The van der Waals surface area contributed by atoms with Crippen LogP contribution in [0.5, 0.6) is 0 Å². The SMILES string of the molecule is CCOC(=O)CN1C(=O)C(OCOC)=C1c1ccccc1C(=O)OC. The minimum atomic E-state index is -0.565. The van der Waals surface area contributed by atoms with Crippen LogP contribution in [0.25, 0.3) is 5.70 Å². The molecular formula is C17H19NO7. The summed E-state index contributed by atoms with van der Waals surface area (Å²) in [5, 5.41) is 0. The van der Waals surface area contributed by atoms with Crippen molar-refractivity contribution in [1.29, 1.82) is 0 Å². The third kappa shape index (κ3) is 3.80. The number of ether oxygens (including phenoxy) is 4. The summed E-state index contributed by atoms with van der Waals surface area (Å²) >= 11 is 0. The van der Waals surface area contributed by atoms with Crippen LogP contribution in [0, 0.1) is 0 Å². The molecule has 8 nitrogen and oxygen atoms in total. The van der Waals surface area contributed by atoms with Crippen molar-refractivity contribution in [3.63, 3.8) is 0 Å². The Morgan fingerprint density at radius 2 is 1.88 bits per heavy atom. The van der Waals surface area contributed by atoms with Crippen LogP contribution in [0.2, 0.25) is 0 Å². The van der Waals surface area contributed by atoms with Crippen molar-refractivity contribution in [3.8, 4) is 0 Å². The fourth-order valence-electron chi connectivity index (χ4n) is 2.37. The molecule has 0 fully saturated rings. The lowest BCUT2D eigenvalue weighted by atomic mass is 9.97. The second-order valence-electron chi connectivity index (χ2n) is 4.96. The number of esters is 2. The first-order valence-corrected chi connectivity index (χ1v) is 7.56. The molecular weight excluding hydrogens is 330 g/mol. The van der Waals surface area contributed by atoms with Gasteiger partial charge >= 0.3 is 11.9 Å². The first-order valence-electron chi connectivity index (χ1n) is 7.56. The Balaban J connectivity index is 2.44. The van der Waals surface area contributed by atoms with Gasteiger partial charge in [0.05, 0.1) is 19.3 Å². The van der Waals surface area contributed by atoms with E-state index in [9.17, 15) is 14.4 Å². The van der Waals surface area contributed by atoms with E-state index in [0.29, 0.717) is 11.3 Å². The molecule has 0 unspecified atom stereocenters. The van der Waals surface area contributed by atoms with Crippen LogP contribution >= 0.6 is 0 Å². The van der Waals surface area contributed by atoms with Gasteiger partial charge in [-0.2, -0.15) is 0 Å². The zero-order valence-corrected chi connectivity index (χ0v) is 14.2. The summed E-state index contributed by atoms with van der Waals surface area (Å²) in [7, 11) is 2.68. The Bertz CT molecular complexity index is 711. The van der Waals surface area contributed by atoms with Crippen molar-refractivity contribution in [2.45, 2.75) is 6.92 Å². The lowest BCUT2D eigenvalue weighted by Gasteiger charge is -2.35. The van der Waals surface area contributed by atoms with Crippen molar-refractivity contribution < 1.29 is 33.3 Å². The van der Waals surface area contributed by atoms with E-state index in [1.807, 2.05) is 0 Å². The van der Waals surface area contributed by atoms with Crippen LogP contribution < -0.4 is 0 Å². The predicted octanol–water partition coefficient (Wildman–Crippen LogP) is 1.17. The molecule has 1 aliphatic heterocycles. The number of carbonyl (C=O) groups is 3. The zero-order chi connectivity index (χ0) is 18.4. The second-order valence-corrected chi connectivity index (χ2v) is 4.96. The highest BCUT2D eigenvalue weighted by Gasteiger charge is 2.42. The summed E-state index contributed by atoms with van der Waals surface area (Å²) in [6.07, 6.45) is 0. The molecule has 0 aromatic heterocycles. The third-order valence-corrected chi connectivity index (χ3v) is 3.43. The Labute approximate surface area is 144 Å². The molecule has 0 saturated carbocycles. The van der Waals surface area contributed by atoms with Gasteiger partial charge in [-0.15, -0.1) is 0 Å². The van der Waals surface area contributed by atoms with E-state index < -0.39 is 17.8 Å². The molecule has 0 bridgehead atoms. The Morgan fingerprint density at radius 1 is 1.16 bits per heavy atom.